The van der Waals surface area contributed by atoms with E-state index in [1.54, 1.807) is 22.3 Å². The third kappa shape index (κ3) is 3.61. The van der Waals surface area contributed by atoms with Gasteiger partial charge in [0.1, 0.15) is 5.75 Å². The minimum absolute atomic E-state index is 0.128. The minimum atomic E-state index is -0.778. The molecular weight excluding hydrogens is 374 g/mol. The van der Waals surface area contributed by atoms with E-state index in [4.69, 9.17) is 4.74 Å². The molecule has 1 N–H and O–H groups in total. The smallest absolute Gasteiger partial charge is 0.267 e. The van der Waals surface area contributed by atoms with Crippen molar-refractivity contribution in [2.24, 2.45) is 0 Å². The molecule has 0 radical (unpaired) electrons. The van der Waals surface area contributed by atoms with Crippen LogP contribution in [0.15, 0.2) is 53.9 Å². The molecule has 28 heavy (non-hydrogen) atoms. The number of aryl methyl sites for hydroxylation is 1. The topological polar surface area (TPSA) is 71.5 Å². The first-order valence-corrected chi connectivity index (χ1v) is 9.76. The monoisotopic (exact) mass is 393 g/mol. The van der Waals surface area contributed by atoms with Crippen LogP contribution in [0.5, 0.6) is 5.75 Å². The van der Waals surface area contributed by atoms with Gasteiger partial charge in [-0.3, -0.25) is 9.59 Å². The summed E-state index contributed by atoms with van der Waals surface area (Å²) < 4.78 is 5.83. The fourth-order valence-corrected chi connectivity index (χ4v) is 3.73. The largest absolute Gasteiger partial charge is 0.476 e. The maximum absolute atomic E-state index is 12.7. The van der Waals surface area contributed by atoms with Gasteiger partial charge in [0.05, 0.1) is 22.9 Å². The Morgan fingerprint density at radius 3 is 2.61 bits per heavy atom. The molecule has 1 aromatic heterocycles. The molecule has 0 bridgehead atoms. The lowest BCUT2D eigenvalue weighted by Gasteiger charge is -2.33. The summed E-state index contributed by atoms with van der Waals surface area (Å²) >= 11 is 1.60. The molecule has 2 aromatic carbocycles. The van der Waals surface area contributed by atoms with Gasteiger partial charge in [-0.15, -0.1) is 11.3 Å². The normalized spacial score (nSPS) is 15.5. The van der Waals surface area contributed by atoms with Crippen LogP contribution >= 0.6 is 11.3 Å². The Morgan fingerprint density at radius 2 is 1.93 bits per heavy atom. The molecule has 0 saturated carbocycles. The molecule has 0 saturated heterocycles. The maximum atomic E-state index is 12.7. The Bertz CT molecular complexity index is 1030. The van der Waals surface area contributed by atoms with Gasteiger partial charge in [-0.1, -0.05) is 24.3 Å². The van der Waals surface area contributed by atoms with E-state index in [2.05, 4.69) is 10.3 Å². The summed E-state index contributed by atoms with van der Waals surface area (Å²) in [6, 6.07) is 14.7. The van der Waals surface area contributed by atoms with E-state index in [0.717, 1.165) is 16.3 Å². The fourth-order valence-electron chi connectivity index (χ4n) is 3.11. The number of para-hydroxylation sites is 2. The van der Waals surface area contributed by atoms with Gasteiger partial charge in [-0.2, -0.15) is 0 Å². The van der Waals surface area contributed by atoms with Crippen molar-refractivity contribution in [2.75, 3.05) is 16.8 Å². The average Bonchev–Trinajstić information content (AvgIpc) is 3.14. The predicted octanol–water partition coefficient (Wildman–Crippen LogP) is 3.87. The van der Waals surface area contributed by atoms with Gasteiger partial charge < -0.3 is 15.0 Å². The number of anilines is 2. The fraction of sp³-hybridized carbons (Fsp3) is 0.190. The maximum Gasteiger partial charge on any atom is 0.267 e. The molecule has 1 unspecified atom stereocenters. The molecule has 1 atom stereocenters. The number of nitrogens with zero attached hydrogens (tertiary/aromatic N) is 2. The van der Waals surface area contributed by atoms with Crippen molar-refractivity contribution in [1.29, 1.82) is 0 Å². The summed E-state index contributed by atoms with van der Waals surface area (Å²) in [6.45, 7) is 3.62. The molecule has 3 aromatic rings. The highest BCUT2D eigenvalue weighted by atomic mass is 32.1. The van der Waals surface area contributed by atoms with Crippen LogP contribution in [0.2, 0.25) is 0 Å². The standard InChI is InChI=1S/C21H19N3O3S/c1-13-22-17(12-28-13)15-7-9-16(10-8-15)23-21(26)20-11-24(14(2)25)18-5-3-4-6-19(18)27-20/h3-10,12,20H,11H2,1-2H3,(H,23,26). The van der Waals surface area contributed by atoms with Gasteiger partial charge in [0.25, 0.3) is 5.91 Å². The Morgan fingerprint density at radius 1 is 1.18 bits per heavy atom. The molecule has 142 valence electrons. The van der Waals surface area contributed by atoms with Crippen LogP contribution in [0.3, 0.4) is 0 Å². The third-order valence-corrected chi connectivity index (χ3v) is 5.29. The summed E-state index contributed by atoms with van der Waals surface area (Å²) in [6.07, 6.45) is -0.778. The van der Waals surface area contributed by atoms with Crippen molar-refractivity contribution in [2.45, 2.75) is 20.0 Å². The number of rotatable bonds is 3. The summed E-state index contributed by atoms with van der Waals surface area (Å²) in [4.78, 5) is 30.7. The Labute approximate surface area is 166 Å². The molecule has 2 heterocycles. The predicted molar refractivity (Wildman–Crippen MR) is 110 cm³/mol. The summed E-state index contributed by atoms with van der Waals surface area (Å²) in [5, 5.41) is 5.88. The number of carbonyl (C=O) groups excluding carboxylic acids is 2. The van der Waals surface area contributed by atoms with E-state index in [1.807, 2.05) is 54.8 Å². The summed E-state index contributed by atoms with van der Waals surface area (Å²) in [5.74, 6) is 0.104. The van der Waals surface area contributed by atoms with Gasteiger partial charge >= 0.3 is 0 Å². The molecule has 0 aliphatic carbocycles. The zero-order chi connectivity index (χ0) is 19.7. The van der Waals surface area contributed by atoms with Crippen molar-refractivity contribution < 1.29 is 14.3 Å². The lowest BCUT2D eigenvalue weighted by molar-refractivity contribution is -0.123. The van der Waals surface area contributed by atoms with E-state index >= 15 is 0 Å². The van der Waals surface area contributed by atoms with Gasteiger partial charge in [-0.05, 0) is 31.2 Å². The van der Waals surface area contributed by atoms with Crippen LogP contribution in [-0.4, -0.2) is 29.4 Å². The van der Waals surface area contributed by atoms with E-state index in [-0.39, 0.29) is 18.4 Å². The van der Waals surface area contributed by atoms with E-state index in [9.17, 15) is 9.59 Å². The van der Waals surface area contributed by atoms with E-state index < -0.39 is 6.10 Å². The third-order valence-electron chi connectivity index (χ3n) is 4.51. The highest BCUT2D eigenvalue weighted by molar-refractivity contribution is 7.09. The SMILES string of the molecule is CC(=O)N1CC(C(=O)Nc2ccc(-c3csc(C)n3)cc2)Oc2ccccc21. The van der Waals surface area contributed by atoms with E-state index in [1.165, 1.54) is 6.92 Å². The number of benzene rings is 2. The molecule has 2 amide bonds. The number of thiazole rings is 1. The number of nitrogens with one attached hydrogen (secondary N) is 1. The summed E-state index contributed by atoms with van der Waals surface area (Å²) in [5.41, 5.74) is 3.26. The van der Waals surface area contributed by atoms with Gasteiger partial charge in [0, 0.05) is 23.6 Å². The average molecular weight is 393 g/mol. The zero-order valence-electron chi connectivity index (χ0n) is 15.5. The van der Waals surface area contributed by atoms with Gasteiger partial charge in [0.15, 0.2) is 6.10 Å². The zero-order valence-corrected chi connectivity index (χ0v) is 16.3. The molecule has 1 aliphatic heterocycles. The van der Waals surface area contributed by atoms with Crippen LogP contribution in [0.25, 0.3) is 11.3 Å². The second kappa shape index (κ2) is 7.44. The van der Waals surface area contributed by atoms with Crippen LogP contribution in [-0.2, 0) is 9.59 Å². The number of ether oxygens (including phenoxy) is 1. The highest BCUT2D eigenvalue weighted by Gasteiger charge is 2.32. The molecule has 4 rings (SSSR count). The number of aromatic nitrogens is 1. The van der Waals surface area contributed by atoms with Crippen molar-refractivity contribution in [1.82, 2.24) is 4.98 Å². The molecule has 6 nitrogen and oxygen atoms in total. The first kappa shape index (κ1) is 18.2. The lowest BCUT2D eigenvalue weighted by atomic mass is 10.1. The Kier molecular flexibility index (Phi) is 4.83. The highest BCUT2D eigenvalue weighted by Crippen LogP contribution is 2.33. The molecule has 7 heteroatoms. The van der Waals surface area contributed by atoms with Gasteiger partial charge in [0.2, 0.25) is 5.91 Å². The molecular formula is C21H19N3O3S. The minimum Gasteiger partial charge on any atom is -0.476 e. The second-order valence-corrected chi connectivity index (χ2v) is 7.58. The molecule has 1 aliphatic rings. The first-order valence-electron chi connectivity index (χ1n) is 8.88. The number of hydrogen-bond acceptors (Lipinski definition) is 5. The summed E-state index contributed by atoms with van der Waals surface area (Å²) in [7, 11) is 0. The van der Waals surface area contributed by atoms with Crippen molar-refractivity contribution in [3.05, 3.63) is 58.9 Å². The second-order valence-electron chi connectivity index (χ2n) is 6.52. The number of amides is 2. The van der Waals surface area contributed by atoms with Crippen LogP contribution < -0.4 is 15.0 Å². The Hall–Kier alpha value is -3.19. The van der Waals surface area contributed by atoms with Crippen molar-refractivity contribution >= 4 is 34.5 Å². The van der Waals surface area contributed by atoms with Crippen molar-refractivity contribution in [3.63, 3.8) is 0 Å². The van der Waals surface area contributed by atoms with Crippen LogP contribution in [0.1, 0.15) is 11.9 Å². The van der Waals surface area contributed by atoms with Gasteiger partial charge in [-0.25, -0.2) is 4.98 Å². The molecule has 0 fully saturated rings. The quantitative estimate of drug-likeness (QED) is 0.733. The lowest BCUT2D eigenvalue weighted by Crippen LogP contribution is -2.48. The number of hydrogen-bond donors (Lipinski definition) is 1. The number of carbonyl (C=O) groups is 2. The molecule has 0 spiro atoms. The van der Waals surface area contributed by atoms with Crippen LogP contribution in [0.4, 0.5) is 11.4 Å². The first-order chi connectivity index (χ1) is 13.5. The number of fused-ring (bicyclic) bond motifs is 1. The Balaban J connectivity index is 1.48. The van der Waals surface area contributed by atoms with Crippen molar-refractivity contribution in [3.8, 4) is 17.0 Å². The van der Waals surface area contributed by atoms with E-state index in [0.29, 0.717) is 17.1 Å². The van der Waals surface area contributed by atoms with Crippen LogP contribution in [0, 0.1) is 6.92 Å².